The van der Waals surface area contributed by atoms with Gasteiger partial charge in [0, 0.05) is 0 Å². The molecule has 86 valence electrons. The Morgan fingerprint density at radius 2 is 2.07 bits per heavy atom. The molecule has 0 saturated heterocycles. The molecule has 0 aliphatic carbocycles. The average molecular weight is 210 g/mol. The van der Waals surface area contributed by atoms with Gasteiger partial charge in [-0.05, 0) is 18.9 Å². The number of rotatable bonds is 7. The SMILES string of the molecule is CCCCC=CC=COC(=O)C(C)CC. The monoisotopic (exact) mass is 210 g/mol. The second kappa shape index (κ2) is 9.50. The normalized spacial score (nSPS) is 13.5. The van der Waals surface area contributed by atoms with Crippen molar-refractivity contribution in [3.05, 3.63) is 24.5 Å². The summed E-state index contributed by atoms with van der Waals surface area (Å²) in [7, 11) is 0. The molecule has 0 rings (SSSR count). The van der Waals surface area contributed by atoms with E-state index in [9.17, 15) is 4.79 Å². The molecule has 0 aromatic heterocycles. The maximum atomic E-state index is 11.2. The van der Waals surface area contributed by atoms with Gasteiger partial charge in [-0.3, -0.25) is 4.79 Å². The van der Waals surface area contributed by atoms with Crippen LogP contribution in [0.2, 0.25) is 0 Å². The summed E-state index contributed by atoms with van der Waals surface area (Å²) in [5.41, 5.74) is 0. The quantitative estimate of drug-likeness (QED) is 0.276. The molecule has 0 aliphatic heterocycles. The Labute approximate surface area is 93.0 Å². The van der Waals surface area contributed by atoms with Crippen LogP contribution in [0.25, 0.3) is 0 Å². The van der Waals surface area contributed by atoms with Gasteiger partial charge < -0.3 is 4.74 Å². The number of hydrogen-bond acceptors (Lipinski definition) is 2. The van der Waals surface area contributed by atoms with Crippen LogP contribution in [0.15, 0.2) is 24.5 Å². The molecule has 0 fully saturated rings. The molecule has 0 radical (unpaired) electrons. The van der Waals surface area contributed by atoms with E-state index in [0.29, 0.717) is 0 Å². The molecule has 15 heavy (non-hydrogen) atoms. The Balaban J connectivity index is 3.61. The van der Waals surface area contributed by atoms with Gasteiger partial charge in [0.15, 0.2) is 0 Å². The van der Waals surface area contributed by atoms with Crippen LogP contribution in [0.1, 0.15) is 46.5 Å². The van der Waals surface area contributed by atoms with E-state index in [1.165, 1.54) is 19.1 Å². The number of esters is 1. The van der Waals surface area contributed by atoms with Gasteiger partial charge in [-0.2, -0.15) is 0 Å². The Bertz CT molecular complexity index is 217. The summed E-state index contributed by atoms with van der Waals surface area (Å²) >= 11 is 0. The first-order valence-electron chi connectivity index (χ1n) is 5.74. The number of carbonyl (C=O) groups excluding carboxylic acids is 1. The van der Waals surface area contributed by atoms with Crippen molar-refractivity contribution in [2.24, 2.45) is 5.92 Å². The predicted octanol–water partition coefficient (Wildman–Crippen LogP) is 3.84. The van der Waals surface area contributed by atoms with Crippen molar-refractivity contribution in [1.82, 2.24) is 0 Å². The van der Waals surface area contributed by atoms with Crippen LogP contribution < -0.4 is 0 Å². The molecule has 0 aromatic carbocycles. The molecule has 0 aromatic rings. The molecule has 0 amide bonds. The van der Waals surface area contributed by atoms with Crippen molar-refractivity contribution in [3.63, 3.8) is 0 Å². The molecule has 2 heteroatoms. The molecular formula is C13H22O2. The van der Waals surface area contributed by atoms with Crippen molar-refractivity contribution in [1.29, 1.82) is 0 Å². The fourth-order valence-corrected chi connectivity index (χ4v) is 0.931. The van der Waals surface area contributed by atoms with E-state index in [4.69, 9.17) is 4.74 Å². The molecule has 2 nitrogen and oxygen atoms in total. The van der Waals surface area contributed by atoms with Crippen LogP contribution in [0.5, 0.6) is 0 Å². The Morgan fingerprint density at radius 3 is 2.67 bits per heavy atom. The van der Waals surface area contributed by atoms with E-state index >= 15 is 0 Å². The second-order valence-corrected chi connectivity index (χ2v) is 3.65. The van der Waals surface area contributed by atoms with Crippen molar-refractivity contribution in [2.45, 2.75) is 46.5 Å². The second-order valence-electron chi connectivity index (χ2n) is 3.65. The minimum atomic E-state index is -0.157. The third-order valence-electron chi connectivity index (χ3n) is 2.25. The molecule has 0 spiro atoms. The van der Waals surface area contributed by atoms with Gasteiger partial charge in [0.1, 0.15) is 0 Å². The summed E-state index contributed by atoms with van der Waals surface area (Å²) in [6, 6.07) is 0. The first kappa shape index (κ1) is 13.9. The minimum Gasteiger partial charge on any atom is -0.434 e. The summed E-state index contributed by atoms with van der Waals surface area (Å²) < 4.78 is 4.93. The van der Waals surface area contributed by atoms with Crippen LogP contribution in [-0.4, -0.2) is 5.97 Å². The van der Waals surface area contributed by atoms with E-state index in [1.807, 2.05) is 19.9 Å². The highest BCUT2D eigenvalue weighted by atomic mass is 16.5. The van der Waals surface area contributed by atoms with Crippen LogP contribution in [0.3, 0.4) is 0 Å². The van der Waals surface area contributed by atoms with Gasteiger partial charge in [0.2, 0.25) is 0 Å². The number of unbranched alkanes of at least 4 members (excludes halogenated alkanes) is 2. The van der Waals surface area contributed by atoms with E-state index in [2.05, 4.69) is 13.0 Å². The highest BCUT2D eigenvalue weighted by Gasteiger charge is 2.09. The third-order valence-corrected chi connectivity index (χ3v) is 2.25. The van der Waals surface area contributed by atoms with Crippen molar-refractivity contribution < 1.29 is 9.53 Å². The number of allylic oxidation sites excluding steroid dienone is 3. The van der Waals surface area contributed by atoms with E-state index in [-0.39, 0.29) is 11.9 Å². The van der Waals surface area contributed by atoms with Gasteiger partial charge in [-0.25, -0.2) is 0 Å². The Kier molecular flexibility index (Phi) is 8.84. The van der Waals surface area contributed by atoms with E-state index < -0.39 is 0 Å². The lowest BCUT2D eigenvalue weighted by Crippen LogP contribution is -2.10. The maximum absolute atomic E-state index is 11.2. The standard InChI is InChI=1S/C13H22O2/c1-4-6-7-8-9-10-11-15-13(14)12(3)5-2/h8-12H,4-7H2,1-3H3. The van der Waals surface area contributed by atoms with Crippen LogP contribution in [0, 0.1) is 5.92 Å². The van der Waals surface area contributed by atoms with E-state index in [1.54, 1.807) is 6.08 Å². The van der Waals surface area contributed by atoms with Gasteiger partial charge in [0.05, 0.1) is 12.2 Å². The first-order valence-corrected chi connectivity index (χ1v) is 5.74. The third kappa shape index (κ3) is 7.98. The van der Waals surface area contributed by atoms with Crippen LogP contribution in [0.4, 0.5) is 0 Å². The Morgan fingerprint density at radius 1 is 1.33 bits per heavy atom. The summed E-state index contributed by atoms with van der Waals surface area (Å²) in [6.07, 6.45) is 11.5. The molecule has 0 bridgehead atoms. The zero-order chi connectivity index (χ0) is 11.5. The van der Waals surface area contributed by atoms with Crippen LogP contribution in [-0.2, 0) is 9.53 Å². The molecule has 0 N–H and O–H groups in total. The summed E-state index contributed by atoms with van der Waals surface area (Å²) in [5, 5.41) is 0. The number of ether oxygens (including phenoxy) is 1. The highest BCUT2D eigenvalue weighted by Crippen LogP contribution is 2.03. The van der Waals surface area contributed by atoms with Gasteiger partial charge in [-0.15, -0.1) is 0 Å². The molecule has 1 unspecified atom stereocenters. The molecule has 0 saturated carbocycles. The lowest BCUT2D eigenvalue weighted by Gasteiger charge is -2.03. The topological polar surface area (TPSA) is 26.3 Å². The zero-order valence-electron chi connectivity index (χ0n) is 10.0. The fourth-order valence-electron chi connectivity index (χ4n) is 0.931. The summed E-state index contributed by atoms with van der Waals surface area (Å²) in [4.78, 5) is 11.2. The molecule has 0 aliphatic rings. The zero-order valence-corrected chi connectivity index (χ0v) is 10.0. The molecule has 0 heterocycles. The van der Waals surface area contributed by atoms with Crippen molar-refractivity contribution in [3.8, 4) is 0 Å². The van der Waals surface area contributed by atoms with Gasteiger partial charge >= 0.3 is 5.97 Å². The average Bonchev–Trinajstić information content (AvgIpc) is 2.26. The molecule has 1 atom stereocenters. The summed E-state index contributed by atoms with van der Waals surface area (Å²) in [6.45, 7) is 6.01. The van der Waals surface area contributed by atoms with Gasteiger partial charge in [0.25, 0.3) is 0 Å². The lowest BCUT2D eigenvalue weighted by molar-refractivity contribution is -0.142. The Hall–Kier alpha value is -1.05. The van der Waals surface area contributed by atoms with Crippen molar-refractivity contribution >= 4 is 5.97 Å². The van der Waals surface area contributed by atoms with E-state index in [0.717, 1.165) is 12.8 Å². The smallest absolute Gasteiger partial charge is 0.313 e. The predicted molar refractivity (Wildman–Crippen MR) is 63.4 cm³/mol. The first-order chi connectivity index (χ1) is 7.22. The largest absolute Gasteiger partial charge is 0.434 e. The van der Waals surface area contributed by atoms with Crippen LogP contribution >= 0.6 is 0 Å². The lowest BCUT2D eigenvalue weighted by atomic mass is 10.1. The van der Waals surface area contributed by atoms with Crippen molar-refractivity contribution in [2.75, 3.05) is 0 Å². The summed E-state index contributed by atoms with van der Waals surface area (Å²) in [5.74, 6) is -0.172. The molecular weight excluding hydrogens is 188 g/mol. The number of hydrogen-bond donors (Lipinski definition) is 0. The minimum absolute atomic E-state index is 0.0151. The number of carbonyl (C=O) groups is 1. The fraction of sp³-hybridized carbons (Fsp3) is 0.615. The maximum Gasteiger partial charge on any atom is 0.313 e. The highest BCUT2D eigenvalue weighted by molar-refractivity contribution is 5.72. The van der Waals surface area contributed by atoms with Gasteiger partial charge in [-0.1, -0.05) is 45.8 Å².